The molecular formula is C19H18FN5S. The Morgan fingerprint density at radius 2 is 2.04 bits per heavy atom. The molecule has 1 fully saturated rings. The molecule has 0 saturated carbocycles. The first-order chi connectivity index (χ1) is 12.6. The highest BCUT2D eigenvalue weighted by Crippen LogP contribution is 2.38. The van der Waals surface area contributed by atoms with Gasteiger partial charge in [-0.15, -0.1) is 11.3 Å². The third-order valence-corrected chi connectivity index (χ3v) is 5.71. The fraction of sp³-hybridized carbons (Fsp3) is 0.263. The number of nitriles is 1. The minimum atomic E-state index is -0.533. The highest BCUT2D eigenvalue weighted by Gasteiger charge is 2.20. The van der Waals surface area contributed by atoms with Crippen molar-refractivity contribution in [2.75, 3.05) is 23.7 Å². The number of nitrogens with zero attached hydrogens (tertiary/aromatic N) is 3. The number of halogens is 1. The fourth-order valence-electron chi connectivity index (χ4n) is 3.34. The number of aromatic nitrogens is 1. The SMILES string of the molecule is N#Cc1ccc(-c2cc(N3CCC(N)CC3)nc3scc(N)c23)cc1F. The topological polar surface area (TPSA) is 92.0 Å². The fourth-order valence-corrected chi connectivity index (χ4v) is 4.19. The van der Waals surface area contributed by atoms with E-state index in [1.807, 2.05) is 17.5 Å². The van der Waals surface area contributed by atoms with Gasteiger partial charge >= 0.3 is 0 Å². The molecule has 4 N–H and O–H groups in total. The average Bonchev–Trinajstić information content (AvgIpc) is 3.02. The van der Waals surface area contributed by atoms with Crippen molar-refractivity contribution in [3.8, 4) is 17.2 Å². The first kappa shape index (κ1) is 16.8. The first-order valence-corrected chi connectivity index (χ1v) is 9.33. The van der Waals surface area contributed by atoms with E-state index in [0.717, 1.165) is 47.5 Å². The summed E-state index contributed by atoms with van der Waals surface area (Å²) in [5.74, 6) is 0.320. The number of hydrogen-bond acceptors (Lipinski definition) is 6. The van der Waals surface area contributed by atoms with Crippen LogP contribution in [0.4, 0.5) is 15.9 Å². The molecule has 3 aromatic rings. The maximum atomic E-state index is 14.2. The Bertz CT molecular complexity index is 1010. The molecule has 1 aliphatic rings. The van der Waals surface area contributed by atoms with Crippen LogP contribution < -0.4 is 16.4 Å². The number of rotatable bonds is 2. The van der Waals surface area contributed by atoms with Crippen LogP contribution in [-0.4, -0.2) is 24.1 Å². The maximum absolute atomic E-state index is 14.2. The lowest BCUT2D eigenvalue weighted by molar-refractivity contribution is 0.499. The maximum Gasteiger partial charge on any atom is 0.141 e. The molecule has 0 spiro atoms. The molecule has 1 saturated heterocycles. The van der Waals surface area contributed by atoms with Crippen molar-refractivity contribution in [3.05, 3.63) is 41.0 Å². The zero-order valence-electron chi connectivity index (χ0n) is 14.1. The lowest BCUT2D eigenvalue weighted by Gasteiger charge is -2.31. The normalized spacial score (nSPS) is 15.3. The van der Waals surface area contributed by atoms with Gasteiger partial charge in [-0.2, -0.15) is 5.26 Å². The predicted octanol–water partition coefficient (Wildman–Crippen LogP) is 3.48. The Morgan fingerprint density at radius 3 is 2.73 bits per heavy atom. The molecule has 0 radical (unpaired) electrons. The first-order valence-electron chi connectivity index (χ1n) is 8.45. The molecule has 0 bridgehead atoms. The molecule has 3 heterocycles. The largest absolute Gasteiger partial charge is 0.397 e. The molecular weight excluding hydrogens is 349 g/mol. The van der Waals surface area contributed by atoms with E-state index >= 15 is 0 Å². The van der Waals surface area contributed by atoms with Crippen molar-refractivity contribution < 1.29 is 4.39 Å². The van der Waals surface area contributed by atoms with Crippen LogP contribution in [-0.2, 0) is 0 Å². The number of hydrogen-bond donors (Lipinski definition) is 2. The number of pyridine rings is 1. The number of anilines is 2. The third kappa shape index (κ3) is 2.87. The van der Waals surface area contributed by atoms with Gasteiger partial charge in [-0.05, 0) is 42.2 Å². The lowest BCUT2D eigenvalue weighted by Crippen LogP contribution is -2.40. The van der Waals surface area contributed by atoms with Crippen LogP contribution in [0.1, 0.15) is 18.4 Å². The Labute approximate surface area is 154 Å². The van der Waals surface area contributed by atoms with E-state index in [4.69, 9.17) is 21.7 Å². The minimum Gasteiger partial charge on any atom is -0.397 e. The highest BCUT2D eigenvalue weighted by atomic mass is 32.1. The number of benzene rings is 1. The lowest BCUT2D eigenvalue weighted by atomic mass is 10.0. The van der Waals surface area contributed by atoms with E-state index in [1.165, 1.54) is 23.5 Å². The van der Waals surface area contributed by atoms with Crippen molar-refractivity contribution in [3.63, 3.8) is 0 Å². The molecule has 0 unspecified atom stereocenters. The number of piperidine rings is 1. The van der Waals surface area contributed by atoms with Crippen LogP contribution in [0.25, 0.3) is 21.3 Å². The Kier molecular flexibility index (Phi) is 4.23. The van der Waals surface area contributed by atoms with Gasteiger partial charge in [0, 0.05) is 29.9 Å². The number of nitrogen functional groups attached to an aromatic ring is 1. The quantitative estimate of drug-likeness (QED) is 0.723. The van der Waals surface area contributed by atoms with E-state index in [1.54, 1.807) is 6.07 Å². The van der Waals surface area contributed by atoms with E-state index < -0.39 is 5.82 Å². The van der Waals surface area contributed by atoms with E-state index in [2.05, 4.69) is 4.90 Å². The monoisotopic (exact) mass is 367 g/mol. The van der Waals surface area contributed by atoms with Crippen molar-refractivity contribution in [1.82, 2.24) is 4.98 Å². The van der Waals surface area contributed by atoms with Gasteiger partial charge in [0.15, 0.2) is 0 Å². The summed E-state index contributed by atoms with van der Waals surface area (Å²) in [6.45, 7) is 1.70. The van der Waals surface area contributed by atoms with Gasteiger partial charge in [0.25, 0.3) is 0 Å². The van der Waals surface area contributed by atoms with Crippen LogP contribution >= 0.6 is 11.3 Å². The van der Waals surface area contributed by atoms with Gasteiger partial charge in [-0.25, -0.2) is 9.37 Å². The average molecular weight is 367 g/mol. The van der Waals surface area contributed by atoms with Gasteiger partial charge in [0.1, 0.15) is 22.5 Å². The van der Waals surface area contributed by atoms with Crippen LogP contribution in [0.15, 0.2) is 29.6 Å². The Hall–Kier alpha value is -2.69. The van der Waals surface area contributed by atoms with Crippen molar-refractivity contribution in [2.45, 2.75) is 18.9 Å². The summed E-state index contributed by atoms with van der Waals surface area (Å²) < 4.78 is 14.2. The van der Waals surface area contributed by atoms with Gasteiger partial charge in [0.2, 0.25) is 0 Å². The second-order valence-electron chi connectivity index (χ2n) is 6.53. The second-order valence-corrected chi connectivity index (χ2v) is 7.39. The van der Waals surface area contributed by atoms with Crippen LogP contribution in [0.3, 0.4) is 0 Å². The Morgan fingerprint density at radius 1 is 1.27 bits per heavy atom. The summed E-state index contributed by atoms with van der Waals surface area (Å²) >= 11 is 1.48. The van der Waals surface area contributed by atoms with E-state index in [0.29, 0.717) is 11.3 Å². The van der Waals surface area contributed by atoms with E-state index in [-0.39, 0.29) is 11.6 Å². The van der Waals surface area contributed by atoms with Crippen LogP contribution in [0, 0.1) is 17.1 Å². The van der Waals surface area contributed by atoms with Gasteiger partial charge < -0.3 is 16.4 Å². The van der Waals surface area contributed by atoms with Crippen molar-refractivity contribution >= 4 is 33.1 Å². The summed E-state index contributed by atoms with van der Waals surface area (Å²) in [7, 11) is 0. The summed E-state index contributed by atoms with van der Waals surface area (Å²) in [6.07, 6.45) is 1.85. The molecule has 0 aliphatic carbocycles. The van der Waals surface area contributed by atoms with Crippen molar-refractivity contribution in [1.29, 1.82) is 5.26 Å². The molecule has 7 heteroatoms. The number of fused-ring (bicyclic) bond motifs is 1. The molecule has 132 valence electrons. The molecule has 2 aromatic heterocycles. The minimum absolute atomic E-state index is 0.0302. The van der Waals surface area contributed by atoms with Crippen molar-refractivity contribution in [2.24, 2.45) is 5.73 Å². The zero-order chi connectivity index (χ0) is 18.3. The predicted molar refractivity (Wildman–Crippen MR) is 104 cm³/mol. The summed E-state index contributed by atoms with van der Waals surface area (Å²) in [4.78, 5) is 7.80. The Balaban J connectivity index is 1.86. The molecule has 1 aliphatic heterocycles. The van der Waals surface area contributed by atoms with Gasteiger partial charge in [0.05, 0.1) is 11.3 Å². The molecule has 4 rings (SSSR count). The van der Waals surface area contributed by atoms with Crippen LogP contribution in [0.5, 0.6) is 0 Å². The highest BCUT2D eigenvalue weighted by molar-refractivity contribution is 7.17. The second kappa shape index (κ2) is 6.56. The summed E-state index contributed by atoms with van der Waals surface area (Å²) in [5, 5.41) is 11.7. The molecule has 26 heavy (non-hydrogen) atoms. The number of thiophene rings is 1. The molecule has 1 aromatic carbocycles. The molecule has 5 nitrogen and oxygen atoms in total. The number of nitrogens with two attached hydrogens (primary N) is 2. The summed E-state index contributed by atoms with van der Waals surface area (Å²) in [6, 6.07) is 8.69. The molecule has 0 atom stereocenters. The van der Waals surface area contributed by atoms with Gasteiger partial charge in [-0.1, -0.05) is 6.07 Å². The van der Waals surface area contributed by atoms with E-state index in [9.17, 15) is 4.39 Å². The smallest absolute Gasteiger partial charge is 0.141 e. The zero-order valence-corrected chi connectivity index (χ0v) is 14.9. The van der Waals surface area contributed by atoms with Crippen LogP contribution in [0.2, 0.25) is 0 Å². The third-order valence-electron chi connectivity index (χ3n) is 4.82. The standard InChI is InChI=1S/C19H18FN5S/c20-15-7-11(1-2-12(15)9-21)14-8-17(25-5-3-13(22)4-6-25)24-19-18(14)16(23)10-26-19/h1-2,7-8,10,13H,3-6,22-23H2. The van der Waals surface area contributed by atoms with Gasteiger partial charge in [-0.3, -0.25) is 0 Å². The summed E-state index contributed by atoms with van der Waals surface area (Å²) in [5.41, 5.74) is 14.3. The molecule has 0 amide bonds.